The van der Waals surface area contributed by atoms with Gasteiger partial charge in [-0.15, -0.1) is 0 Å². The summed E-state index contributed by atoms with van der Waals surface area (Å²) in [5.74, 6) is -0.491. The molecule has 1 aliphatic carbocycles. The highest BCUT2D eigenvalue weighted by Crippen LogP contribution is 2.24. The first kappa shape index (κ1) is 13.2. The van der Waals surface area contributed by atoms with Crippen LogP contribution in [0.1, 0.15) is 38.9 Å². The van der Waals surface area contributed by atoms with Gasteiger partial charge in [0, 0.05) is 12.1 Å². The molecule has 0 aliphatic heterocycles. The average molecular weight is 300 g/mol. The van der Waals surface area contributed by atoms with E-state index in [-0.39, 0.29) is 41.9 Å². The molecule has 0 saturated heterocycles. The molecule has 0 bridgehead atoms. The van der Waals surface area contributed by atoms with Crippen molar-refractivity contribution in [3.8, 4) is 0 Å². The van der Waals surface area contributed by atoms with E-state index in [0.29, 0.717) is 11.9 Å². The number of fused-ring (bicyclic) bond motifs is 1. The zero-order chi connectivity index (χ0) is 16.8. The smallest absolute Gasteiger partial charge is 0.264 e. The third-order valence-electron chi connectivity index (χ3n) is 3.92. The quantitative estimate of drug-likeness (QED) is 0.489. The highest BCUT2D eigenvalue weighted by molar-refractivity contribution is 6.01. The number of nitrogen functional groups attached to an aromatic ring is 1. The summed E-state index contributed by atoms with van der Waals surface area (Å²) in [5.41, 5.74) is 6.07. The van der Waals surface area contributed by atoms with Crippen molar-refractivity contribution in [3.05, 3.63) is 34.4 Å². The number of benzene rings is 1. The number of aromatic nitrogens is 2. The van der Waals surface area contributed by atoms with Crippen LogP contribution in [0.15, 0.2) is 23.0 Å². The minimum absolute atomic E-state index is 0.109. The highest BCUT2D eigenvalue weighted by atomic mass is 16.2. The van der Waals surface area contributed by atoms with Crippen LogP contribution in [0.5, 0.6) is 0 Å². The van der Waals surface area contributed by atoms with Crippen molar-refractivity contribution in [1.29, 1.82) is 0 Å². The molecule has 1 atom stereocenters. The zero-order valence-corrected chi connectivity index (χ0v) is 12.3. The molecule has 6 heteroatoms. The molecule has 1 saturated carbocycles. The van der Waals surface area contributed by atoms with Gasteiger partial charge in [0.15, 0.2) is 5.78 Å². The molecule has 1 heterocycles. The average Bonchev–Trinajstić information content (AvgIpc) is 2.58. The maximum atomic E-state index is 12.9. The standard InChI is InChI=1S/C16H17N3O3/c1-9-18-12-6-3-5-11(17)15(12)16(22)19(9)13-7-2-4-10(20)8-14(13)21/h3,5-6,13H,2,4,7-8,17H2,1H3/t13-/m0/s1/i13D. The predicted octanol–water partition coefficient (Wildman–Crippen LogP) is 1.54. The summed E-state index contributed by atoms with van der Waals surface area (Å²) >= 11 is 0. The highest BCUT2D eigenvalue weighted by Gasteiger charge is 2.28. The van der Waals surface area contributed by atoms with Gasteiger partial charge in [-0.3, -0.25) is 19.0 Å². The fraction of sp³-hybridized carbons (Fsp3) is 0.375. The number of carbonyl (C=O) groups is 2. The van der Waals surface area contributed by atoms with Crippen molar-refractivity contribution in [2.75, 3.05) is 5.73 Å². The number of nitrogens with two attached hydrogens (primary N) is 1. The Hall–Kier alpha value is -2.50. The molecule has 0 spiro atoms. The van der Waals surface area contributed by atoms with Crippen LogP contribution in [0.25, 0.3) is 10.9 Å². The SMILES string of the molecule is [2H][C@]1(n2c(C)nc3cccc(N)c3c2=O)CCCC(=O)CC1=O. The monoisotopic (exact) mass is 300 g/mol. The second kappa shape index (κ2) is 5.36. The number of carbonyl (C=O) groups excluding carboxylic acids is 2. The molecule has 114 valence electrons. The second-order valence-electron chi connectivity index (χ2n) is 5.48. The van der Waals surface area contributed by atoms with E-state index in [1.807, 2.05) is 0 Å². The number of hydrogen-bond donors (Lipinski definition) is 1. The van der Waals surface area contributed by atoms with E-state index in [9.17, 15) is 14.4 Å². The number of ketones is 2. The first-order valence-electron chi connectivity index (χ1n) is 7.68. The van der Waals surface area contributed by atoms with Gasteiger partial charge in [-0.2, -0.15) is 0 Å². The topological polar surface area (TPSA) is 95.1 Å². The fourth-order valence-electron chi connectivity index (χ4n) is 2.88. The van der Waals surface area contributed by atoms with Gasteiger partial charge in [-0.25, -0.2) is 4.98 Å². The molecule has 1 aromatic carbocycles. The molecule has 22 heavy (non-hydrogen) atoms. The number of rotatable bonds is 1. The summed E-state index contributed by atoms with van der Waals surface area (Å²) in [6, 6.07) is 3.14. The van der Waals surface area contributed by atoms with Crippen LogP contribution < -0.4 is 11.3 Å². The van der Waals surface area contributed by atoms with Gasteiger partial charge in [0.05, 0.1) is 24.7 Å². The molecule has 2 aromatic rings. The fourth-order valence-corrected chi connectivity index (χ4v) is 2.88. The van der Waals surface area contributed by atoms with Crippen LogP contribution in [0.4, 0.5) is 5.69 Å². The number of anilines is 1. The van der Waals surface area contributed by atoms with Crippen LogP contribution in [-0.2, 0) is 9.59 Å². The molecule has 3 rings (SSSR count). The molecule has 0 unspecified atom stereocenters. The number of nitrogens with zero attached hydrogens (tertiary/aromatic N) is 2. The third kappa shape index (κ3) is 2.30. The lowest BCUT2D eigenvalue weighted by Gasteiger charge is -2.19. The van der Waals surface area contributed by atoms with Gasteiger partial charge in [-0.05, 0) is 31.9 Å². The molecule has 1 aromatic heterocycles. The summed E-state index contributed by atoms with van der Waals surface area (Å²) in [4.78, 5) is 41.3. The van der Waals surface area contributed by atoms with E-state index in [4.69, 9.17) is 7.10 Å². The lowest BCUT2D eigenvalue weighted by atomic mass is 10.1. The lowest BCUT2D eigenvalue weighted by molar-refractivity contribution is -0.127. The van der Waals surface area contributed by atoms with E-state index < -0.39 is 17.4 Å². The predicted molar refractivity (Wildman–Crippen MR) is 82.7 cm³/mol. The van der Waals surface area contributed by atoms with Gasteiger partial charge in [0.1, 0.15) is 11.6 Å². The Balaban J connectivity index is 2.31. The summed E-state index contributed by atoms with van der Waals surface area (Å²) in [6.07, 6.45) is 0.432. The molecule has 0 radical (unpaired) electrons. The lowest BCUT2D eigenvalue weighted by Crippen LogP contribution is -2.32. The summed E-state index contributed by atoms with van der Waals surface area (Å²) in [7, 11) is 0. The molecule has 1 aliphatic rings. The molecule has 6 nitrogen and oxygen atoms in total. The first-order chi connectivity index (χ1) is 10.8. The minimum Gasteiger partial charge on any atom is -0.398 e. The van der Waals surface area contributed by atoms with Crippen molar-refractivity contribution >= 4 is 28.2 Å². The van der Waals surface area contributed by atoms with E-state index in [2.05, 4.69) is 4.98 Å². The normalized spacial score (nSPS) is 23.4. The Bertz CT molecular complexity index is 890. The van der Waals surface area contributed by atoms with Crippen molar-refractivity contribution in [3.63, 3.8) is 0 Å². The van der Waals surface area contributed by atoms with Gasteiger partial charge >= 0.3 is 0 Å². The van der Waals surface area contributed by atoms with Crippen molar-refractivity contribution < 1.29 is 11.0 Å². The van der Waals surface area contributed by atoms with Crippen LogP contribution in [0, 0.1) is 6.92 Å². The Labute approximate surface area is 128 Å². The Morgan fingerprint density at radius 1 is 1.36 bits per heavy atom. The van der Waals surface area contributed by atoms with Crippen molar-refractivity contribution in [2.45, 2.75) is 38.6 Å². The van der Waals surface area contributed by atoms with Gasteiger partial charge < -0.3 is 5.73 Å². The molecule has 1 fully saturated rings. The summed E-state index contributed by atoms with van der Waals surface area (Å²) in [5, 5.41) is 0.202. The van der Waals surface area contributed by atoms with Crippen molar-refractivity contribution in [1.82, 2.24) is 9.55 Å². The minimum atomic E-state index is -1.81. The van der Waals surface area contributed by atoms with E-state index in [0.717, 1.165) is 4.57 Å². The van der Waals surface area contributed by atoms with Crippen LogP contribution in [0.3, 0.4) is 0 Å². The maximum Gasteiger partial charge on any atom is 0.264 e. The van der Waals surface area contributed by atoms with Crippen LogP contribution in [-0.4, -0.2) is 21.1 Å². The Morgan fingerprint density at radius 3 is 2.91 bits per heavy atom. The van der Waals surface area contributed by atoms with Crippen LogP contribution in [0.2, 0.25) is 0 Å². The Morgan fingerprint density at radius 2 is 2.14 bits per heavy atom. The number of Topliss-reactive ketones (excluding diaryl/α,β-unsaturated/α-hetero) is 2. The summed E-state index contributed by atoms with van der Waals surface area (Å²) < 4.78 is 9.70. The maximum absolute atomic E-state index is 12.9. The number of aryl methyl sites for hydroxylation is 1. The molecule has 2 N–H and O–H groups in total. The summed E-state index contributed by atoms with van der Waals surface area (Å²) in [6.45, 7) is 1.58. The number of hydrogen-bond acceptors (Lipinski definition) is 5. The second-order valence-corrected chi connectivity index (χ2v) is 5.48. The first-order valence-corrected chi connectivity index (χ1v) is 7.18. The molecular weight excluding hydrogens is 282 g/mol. The van der Waals surface area contributed by atoms with Gasteiger partial charge in [-0.1, -0.05) is 6.07 Å². The molecule has 0 amide bonds. The Kier molecular flexibility index (Phi) is 3.21. The van der Waals surface area contributed by atoms with Gasteiger partial charge in [0.25, 0.3) is 5.56 Å². The molecular formula is C16H17N3O3. The van der Waals surface area contributed by atoms with E-state index >= 15 is 0 Å². The van der Waals surface area contributed by atoms with Gasteiger partial charge in [0.2, 0.25) is 0 Å². The van der Waals surface area contributed by atoms with Crippen molar-refractivity contribution in [2.24, 2.45) is 0 Å². The zero-order valence-electron chi connectivity index (χ0n) is 13.3. The van der Waals surface area contributed by atoms with E-state index in [1.54, 1.807) is 25.1 Å². The van der Waals surface area contributed by atoms with E-state index in [1.165, 1.54) is 0 Å². The largest absolute Gasteiger partial charge is 0.398 e. The van der Waals surface area contributed by atoms with Crippen LogP contribution >= 0.6 is 0 Å². The third-order valence-corrected chi connectivity index (χ3v) is 3.92.